The van der Waals surface area contributed by atoms with Gasteiger partial charge in [-0.1, -0.05) is 55.0 Å². The molecule has 0 bridgehead atoms. The molecule has 0 spiro atoms. The van der Waals surface area contributed by atoms with E-state index >= 15 is 0 Å². The fraction of sp³-hybridized carbons (Fsp3) is 0.346. The summed E-state index contributed by atoms with van der Waals surface area (Å²) in [7, 11) is -0.490. The first-order valence-electron chi connectivity index (χ1n) is 11.6. The van der Waals surface area contributed by atoms with Crippen LogP contribution in [0.3, 0.4) is 0 Å². The van der Waals surface area contributed by atoms with Crippen molar-refractivity contribution in [3.63, 3.8) is 0 Å². The van der Waals surface area contributed by atoms with Crippen LogP contribution in [0.5, 0.6) is 0 Å². The van der Waals surface area contributed by atoms with Crippen LogP contribution in [0.2, 0.25) is 0 Å². The smallest absolute Gasteiger partial charge is 0.241 e. The number of amides is 1. The van der Waals surface area contributed by atoms with Crippen LogP contribution in [0.1, 0.15) is 37.7 Å². The number of hydrogen-bond acceptors (Lipinski definition) is 6. The van der Waals surface area contributed by atoms with Crippen LogP contribution >= 0.6 is 0 Å². The number of nitrogens with zero attached hydrogens (tertiary/aromatic N) is 3. The summed E-state index contributed by atoms with van der Waals surface area (Å²) in [5, 5.41) is 4.59. The average Bonchev–Trinajstić information content (AvgIpc) is 3.42. The molecule has 2 aromatic carbocycles. The SMILES string of the molecule is CNc1ncc(C#CC[C@H](NS(=O)(=O)c2ccc3ccccc3c2)C(=O)N(C)C2CCCC2)cn1. The van der Waals surface area contributed by atoms with E-state index in [4.69, 9.17) is 0 Å². The first-order valence-corrected chi connectivity index (χ1v) is 13.1. The van der Waals surface area contributed by atoms with Crippen molar-refractivity contribution in [3.05, 3.63) is 60.4 Å². The van der Waals surface area contributed by atoms with E-state index in [1.807, 2.05) is 24.3 Å². The zero-order valence-electron chi connectivity index (χ0n) is 19.9. The molecule has 1 aliphatic carbocycles. The number of benzene rings is 2. The summed E-state index contributed by atoms with van der Waals surface area (Å²) in [6.07, 6.45) is 7.16. The van der Waals surface area contributed by atoms with Crippen LogP contribution in [-0.2, 0) is 14.8 Å². The lowest BCUT2D eigenvalue weighted by atomic mass is 10.1. The number of anilines is 1. The minimum atomic E-state index is -3.96. The van der Waals surface area contributed by atoms with Gasteiger partial charge >= 0.3 is 0 Å². The second-order valence-corrected chi connectivity index (χ2v) is 10.3. The molecule has 1 atom stereocenters. The first kappa shape index (κ1) is 24.6. The van der Waals surface area contributed by atoms with Gasteiger partial charge in [-0.3, -0.25) is 4.79 Å². The molecule has 35 heavy (non-hydrogen) atoms. The lowest BCUT2D eigenvalue weighted by Gasteiger charge is -2.28. The molecule has 1 amide bonds. The normalized spacial score (nSPS) is 14.8. The molecule has 0 aliphatic heterocycles. The summed E-state index contributed by atoms with van der Waals surface area (Å²) in [5.41, 5.74) is 0.580. The van der Waals surface area contributed by atoms with E-state index in [0.717, 1.165) is 36.5 Å². The third kappa shape index (κ3) is 5.96. The summed E-state index contributed by atoms with van der Waals surface area (Å²) in [6.45, 7) is 0. The molecule has 1 fully saturated rings. The van der Waals surface area contributed by atoms with Crippen molar-refractivity contribution < 1.29 is 13.2 Å². The van der Waals surface area contributed by atoms with E-state index in [1.54, 1.807) is 49.6 Å². The second kappa shape index (κ2) is 10.8. The molecule has 3 aromatic rings. The van der Waals surface area contributed by atoms with Gasteiger partial charge in [0.25, 0.3) is 0 Å². The molecule has 0 radical (unpaired) electrons. The second-order valence-electron chi connectivity index (χ2n) is 8.62. The number of hydrogen-bond donors (Lipinski definition) is 2. The Bertz CT molecular complexity index is 1360. The fourth-order valence-electron chi connectivity index (χ4n) is 4.26. The maximum absolute atomic E-state index is 13.4. The largest absolute Gasteiger partial charge is 0.357 e. The molecule has 0 saturated heterocycles. The molecule has 1 aromatic heterocycles. The Hall–Kier alpha value is -3.48. The molecular weight excluding hydrogens is 462 g/mol. The molecule has 2 N–H and O–H groups in total. The van der Waals surface area contributed by atoms with Crippen molar-refractivity contribution in [1.29, 1.82) is 0 Å². The number of sulfonamides is 1. The molecule has 182 valence electrons. The highest BCUT2D eigenvalue weighted by Gasteiger charge is 2.31. The molecular formula is C26H29N5O3S. The highest BCUT2D eigenvalue weighted by atomic mass is 32.2. The number of fused-ring (bicyclic) bond motifs is 1. The zero-order valence-corrected chi connectivity index (χ0v) is 20.7. The first-order chi connectivity index (χ1) is 16.9. The molecule has 0 unspecified atom stereocenters. The Balaban J connectivity index is 1.58. The topological polar surface area (TPSA) is 104 Å². The van der Waals surface area contributed by atoms with E-state index in [0.29, 0.717) is 11.5 Å². The minimum Gasteiger partial charge on any atom is -0.357 e. The van der Waals surface area contributed by atoms with Gasteiger partial charge in [-0.2, -0.15) is 4.72 Å². The predicted octanol–water partition coefficient (Wildman–Crippen LogP) is 3.16. The van der Waals surface area contributed by atoms with Crippen LogP contribution in [0.25, 0.3) is 10.8 Å². The van der Waals surface area contributed by atoms with Gasteiger partial charge in [0.05, 0.1) is 10.5 Å². The fourth-order valence-corrected chi connectivity index (χ4v) is 5.49. The van der Waals surface area contributed by atoms with Crippen molar-refractivity contribution in [2.24, 2.45) is 0 Å². The number of rotatable bonds is 7. The number of likely N-dealkylation sites (N-methyl/N-ethyl adjacent to an activating group) is 1. The van der Waals surface area contributed by atoms with Gasteiger partial charge in [-0.25, -0.2) is 18.4 Å². The van der Waals surface area contributed by atoms with E-state index in [9.17, 15) is 13.2 Å². The van der Waals surface area contributed by atoms with Crippen LogP contribution in [0.15, 0.2) is 59.8 Å². The van der Waals surface area contributed by atoms with Crippen molar-refractivity contribution in [2.75, 3.05) is 19.4 Å². The van der Waals surface area contributed by atoms with Crippen molar-refractivity contribution in [2.45, 2.75) is 49.1 Å². The molecule has 1 aliphatic rings. The lowest BCUT2D eigenvalue weighted by Crippen LogP contribution is -2.49. The molecule has 9 heteroatoms. The summed E-state index contributed by atoms with van der Waals surface area (Å²) in [5.74, 6) is 6.07. The van der Waals surface area contributed by atoms with E-state index in [-0.39, 0.29) is 23.3 Å². The van der Waals surface area contributed by atoms with Gasteiger partial charge in [0, 0.05) is 39.0 Å². The summed E-state index contributed by atoms with van der Waals surface area (Å²) < 4.78 is 29.2. The van der Waals surface area contributed by atoms with Gasteiger partial charge < -0.3 is 10.2 Å². The predicted molar refractivity (Wildman–Crippen MR) is 136 cm³/mol. The number of nitrogens with one attached hydrogen (secondary N) is 2. The average molecular weight is 492 g/mol. The quantitative estimate of drug-likeness (QED) is 0.492. The standard InChI is InChI=1S/C26H29N5O3S/c1-27-26-28-17-19(18-29-26)8-7-13-24(25(32)31(2)22-11-5-6-12-22)30-35(33,34)23-15-14-20-9-3-4-10-21(20)16-23/h3-4,9-10,14-18,22,24,30H,5-6,11-13H2,1-2H3,(H,27,28,29)/t24-/m0/s1. The summed E-state index contributed by atoms with van der Waals surface area (Å²) >= 11 is 0. The van der Waals surface area contributed by atoms with Crippen molar-refractivity contribution in [1.82, 2.24) is 19.6 Å². The highest BCUT2D eigenvalue weighted by Crippen LogP contribution is 2.24. The Labute approximate surface area is 206 Å². The highest BCUT2D eigenvalue weighted by molar-refractivity contribution is 7.89. The van der Waals surface area contributed by atoms with Crippen LogP contribution < -0.4 is 10.0 Å². The van der Waals surface area contributed by atoms with Crippen LogP contribution in [-0.4, -0.2) is 55.4 Å². The van der Waals surface area contributed by atoms with Crippen LogP contribution in [0, 0.1) is 11.8 Å². The van der Waals surface area contributed by atoms with E-state index < -0.39 is 16.1 Å². The van der Waals surface area contributed by atoms with E-state index in [1.165, 1.54) is 0 Å². The van der Waals surface area contributed by atoms with Gasteiger partial charge in [-0.05, 0) is 35.7 Å². The Kier molecular flexibility index (Phi) is 7.63. The van der Waals surface area contributed by atoms with Crippen molar-refractivity contribution >= 4 is 32.7 Å². The monoisotopic (exact) mass is 491 g/mol. The number of carbonyl (C=O) groups is 1. The zero-order chi connectivity index (χ0) is 24.8. The third-order valence-electron chi connectivity index (χ3n) is 6.26. The maximum atomic E-state index is 13.4. The molecule has 8 nitrogen and oxygen atoms in total. The number of carbonyl (C=O) groups excluding carboxylic acids is 1. The van der Waals surface area contributed by atoms with E-state index in [2.05, 4.69) is 31.8 Å². The minimum absolute atomic E-state index is 0.0243. The third-order valence-corrected chi connectivity index (χ3v) is 7.73. The van der Waals surface area contributed by atoms with Gasteiger partial charge in [-0.15, -0.1) is 0 Å². The van der Waals surface area contributed by atoms with Crippen molar-refractivity contribution in [3.8, 4) is 11.8 Å². The summed E-state index contributed by atoms with van der Waals surface area (Å²) in [6, 6.07) is 11.6. The molecule has 1 saturated carbocycles. The van der Waals surface area contributed by atoms with Gasteiger partial charge in [0.2, 0.25) is 21.9 Å². The van der Waals surface area contributed by atoms with Gasteiger partial charge in [0.1, 0.15) is 6.04 Å². The Morgan fingerprint density at radius 1 is 1.11 bits per heavy atom. The van der Waals surface area contributed by atoms with Gasteiger partial charge in [0.15, 0.2) is 0 Å². The van der Waals surface area contributed by atoms with Crippen LogP contribution in [0.4, 0.5) is 5.95 Å². The number of aromatic nitrogens is 2. The maximum Gasteiger partial charge on any atom is 0.241 e. The molecule has 4 rings (SSSR count). The summed E-state index contributed by atoms with van der Waals surface area (Å²) in [4.78, 5) is 23.4. The Morgan fingerprint density at radius 3 is 2.49 bits per heavy atom. The lowest BCUT2D eigenvalue weighted by molar-refractivity contribution is -0.133. The molecule has 1 heterocycles. The Morgan fingerprint density at radius 2 is 1.80 bits per heavy atom.